The van der Waals surface area contributed by atoms with Crippen molar-refractivity contribution in [1.29, 1.82) is 0 Å². The van der Waals surface area contributed by atoms with Crippen molar-refractivity contribution in [1.82, 2.24) is 5.32 Å². The minimum Gasteiger partial charge on any atom is -0.493 e. The van der Waals surface area contributed by atoms with Gasteiger partial charge in [-0.15, -0.1) is 0 Å². The summed E-state index contributed by atoms with van der Waals surface area (Å²) in [6.45, 7) is 2.97. The number of anilines is 5. The molecular formula is C55H63N7O11. The highest BCUT2D eigenvalue weighted by atomic mass is 16.6. The number of ether oxygens (including phenoxy) is 5. The number of nitrogens with one attached hydrogen (secondary N) is 3. The lowest BCUT2D eigenvalue weighted by atomic mass is 10.1. The van der Waals surface area contributed by atoms with E-state index in [1.54, 1.807) is 31.4 Å². The van der Waals surface area contributed by atoms with Gasteiger partial charge in [0.2, 0.25) is 11.8 Å². The molecule has 384 valence electrons. The quantitative estimate of drug-likeness (QED) is 0.0468. The maximum Gasteiger partial charge on any atom is 0.416 e. The summed E-state index contributed by atoms with van der Waals surface area (Å²) in [5, 5.41) is 32.8. The monoisotopic (exact) mass is 997 g/mol. The zero-order chi connectivity index (χ0) is 51.2. The fourth-order valence-corrected chi connectivity index (χ4v) is 10.2. The predicted octanol–water partition coefficient (Wildman–Crippen LogP) is 6.80. The third-order valence-corrected chi connectivity index (χ3v) is 13.9. The van der Waals surface area contributed by atoms with Gasteiger partial charge in [-0.2, -0.15) is 0 Å². The molecule has 9 rings (SSSR count). The van der Waals surface area contributed by atoms with Crippen LogP contribution < -0.4 is 55.3 Å². The van der Waals surface area contributed by atoms with Crippen LogP contribution in [0.15, 0.2) is 97.1 Å². The van der Waals surface area contributed by atoms with E-state index in [1.165, 1.54) is 36.6 Å². The molecule has 73 heavy (non-hydrogen) atoms. The summed E-state index contributed by atoms with van der Waals surface area (Å²) >= 11 is 0. The SMILES string of the molecule is COc1cc2c(cc1OCCCCCOc1cc3c(cc1OC)C(=O)N1c4ccccc4C[C@H]1C(O)N3C(=O)OCc1ccc(NC(=O)[C@H](CCCCN)NC(C)=O)cc1)NC[C@@H]1Cc3ccccc3N1C2O. The van der Waals surface area contributed by atoms with Crippen molar-refractivity contribution in [3.63, 3.8) is 0 Å². The average Bonchev–Trinajstić information content (AvgIpc) is 3.92. The maximum atomic E-state index is 14.6. The first kappa shape index (κ1) is 50.4. The summed E-state index contributed by atoms with van der Waals surface area (Å²) in [5.74, 6) is 0.526. The van der Waals surface area contributed by atoms with Crippen LogP contribution in [0.5, 0.6) is 23.0 Å². The summed E-state index contributed by atoms with van der Waals surface area (Å²) in [5.41, 5.74) is 12.1. The van der Waals surface area contributed by atoms with Gasteiger partial charge in [0.1, 0.15) is 12.6 Å². The molecule has 4 amide bonds. The van der Waals surface area contributed by atoms with E-state index in [0.717, 1.165) is 46.7 Å². The summed E-state index contributed by atoms with van der Waals surface area (Å²) in [6.07, 6.45) is 1.76. The summed E-state index contributed by atoms with van der Waals surface area (Å²) in [6, 6.07) is 27.6. The molecule has 5 aromatic rings. The van der Waals surface area contributed by atoms with E-state index >= 15 is 0 Å². The third kappa shape index (κ3) is 10.7. The van der Waals surface area contributed by atoms with Crippen LogP contribution in [0.2, 0.25) is 0 Å². The molecule has 0 aromatic heterocycles. The Morgan fingerprint density at radius 1 is 0.781 bits per heavy atom. The van der Waals surface area contributed by atoms with E-state index in [-0.39, 0.29) is 53.8 Å². The van der Waals surface area contributed by atoms with E-state index in [4.69, 9.17) is 29.4 Å². The van der Waals surface area contributed by atoms with Crippen molar-refractivity contribution in [2.24, 2.45) is 5.73 Å². The minimum atomic E-state index is -1.51. The molecule has 0 fully saturated rings. The van der Waals surface area contributed by atoms with Crippen molar-refractivity contribution < 1.29 is 53.1 Å². The number of hydrogen-bond donors (Lipinski definition) is 6. The smallest absolute Gasteiger partial charge is 0.416 e. The number of para-hydroxylation sites is 2. The Kier molecular flexibility index (Phi) is 15.5. The first-order valence-corrected chi connectivity index (χ1v) is 24.9. The fraction of sp³-hybridized carbons (Fsp3) is 0.382. The number of rotatable bonds is 19. The second-order valence-electron chi connectivity index (χ2n) is 18.7. The fourth-order valence-electron chi connectivity index (χ4n) is 10.2. The molecule has 0 saturated heterocycles. The van der Waals surface area contributed by atoms with Crippen LogP contribution in [-0.4, -0.2) is 98.9 Å². The van der Waals surface area contributed by atoms with E-state index in [9.17, 15) is 29.4 Å². The molecule has 2 unspecified atom stereocenters. The molecular weight excluding hydrogens is 935 g/mol. The number of methoxy groups -OCH3 is 2. The summed E-state index contributed by atoms with van der Waals surface area (Å²) in [7, 11) is 3.05. The zero-order valence-electron chi connectivity index (χ0n) is 41.3. The highest BCUT2D eigenvalue weighted by Crippen LogP contribution is 2.46. The molecule has 0 spiro atoms. The van der Waals surface area contributed by atoms with Crippen LogP contribution in [0, 0.1) is 0 Å². The number of amides is 4. The molecule has 4 aliphatic heterocycles. The molecule has 5 atom stereocenters. The minimum absolute atomic E-state index is 0.0961. The Morgan fingerprint density at radius 2 is 1.45 bits per heavy atom. The van der Waals surface area contributed by atoms with Crippen molar-refractivity contribution in [2.45, 2.75) is 95.5 Å². The Balaban J connectivity index is 0.851. The highest BCUT2D eigenvalue weighted by molar-refractivity contribution is 6.14. The first-order valence-electron chi connectivity index (χ1n) is 24.9. The van der Waals surface area contributed by atoms with Crippen LogP contribution in [0.3, 0.4) is 0 Å². The largest absolute Gasteiger partial charge is 0.493 e. The van der Waals surface area contributed by atoms with Gasteiger partial charge in [0, 0.05) is 53.9 Å². The number of hydrogen-bond acceptors (Lipinski definition) is 14. The highest BCUT2D eigenvalue weighted by Gasteiger charge is 2.48. The molecule has 0 aliphatic carbocycles. The Labute approximate surface area is 424 Å². The van der Waals surface area contributed by atoms with Gasteiger partial charge in [0.25, 0.3) is 5.91 Å². The number of aliphatic hydroxyl groups is 2. The summed E-state index contributed by atoms with van der Waals surface area (Å²) in [4.78, 5) is 58.4. The van der Waals surface area contributed by atoms with E-state index in [1.807, 2.05) is 54.6 Å². The van der Waals surface area contributed by atoms with Gasteiger partial charge in [-0.3, -0.25) is 14.4 Å². The number of fused-ring (bicyclic) bond motifs is 8. The van der Waals surface area contributed by atoms with Crippen LogP contribution >= 0.6 is 0 Å². The standard InChI is InChI=1S/C55H63N7O11/c1-33(63)58-41(15-9-10-22-56)51(64)59-37-20-18-34(19-21-37)32-73-55(68)62-45-30-50(48(70-3)28-40(45)53(66)61-44-17-8-6-14-36(44)26-46(61)54(62)67)72-24-12-4-11-23-71-49-29-42-39(27-47(49)69-2)52(65)60-38(31-57-42)25-35-13-5-7-16-43(35)60/h5-8,13-14,16-21,27-30,38,41,46,52,54,57,65,67H,4,9-12,15,22-26,31-32,56H2,1-3H3,(H,58,63)(H,59,64)/t38-,41-,46-,52?,54?/m0/s1. The van der Waals surface area contributed by atoms with Crippen molar-refractivity contribution in [3.8, 4) is 23.0 Å². The van der Waals surface area contributed by atoms with Crippen LogP contribution in [-0.2, 0) is 33.8 Å². The van der Waals surface area contributed by atoms with Gasteiger partial charge < -0.3 is 65.4 Å². The second-order valence-corrected chi connectivity index (χ2v) is 18.7. The van der Waals surface area contributed by atoms with Crippen LogP contribution in [0.1, 0.15) is 84.3 Å². The van der Waals surface area contributed by atoms with Gasteiger partial charge in [0.05, 0.1) is 50.8 Å². The Bertz CT molecular complexity index is 2830. The van der Waals surface area contributed by atoms with E-state index in [0.29, 0.717) is 80.2 Å². The first-order chi connectivity index (χ1) is 35.5. The number of carbonyl (C=O) groups is 4. The molecule has 0 bridgehead atoms. The molecule has 18 heteroatoms. The predicted molar refractivity (Wildman–Crippen MR) is 276 cm³/mol. The van der Waals surface area contributed by atoms with E-state index < -0.39 is 36.5 Å². The summed E-state index contributed by atoms with van der Waals surface area (Å²) < 4.78 is 29.9. The zero-order valence-corrected chi connectivity index (χ0v) is 41.3. The van der Waals surface area contributed by atoms with Gasteiger partial charge in [-0.05, 0) is 111 Å². The van der Waals surface area contributed by atoms with Gasteiger partial charge in [0.15, 0.2) is 35.5 Å². The van der Waals surface area contributed by atoms with Gasteiger partial charge in [-0.1, -0.05) is 48.5 Å². The van der Waals surface area contributed by atoms with Crippen LogP contribution in [0.4, 0.5) is 33.2 Å². The van der Waals surface area contributed by atoms with Gasteiger partial charge in [-0.25, -0.2) is 9.69 Å². The lowest BCUT2D eigenvalue weighted by Gasteiger charge is -2.32. The molecule has 4 heterocycles. The van der Waals surface area contributed by atoms with Crippen molar-refractivity contribution in [2.75, 3.05) is 65.9 Å². The molecule has 0 saturated carbocycles. The van der Waals surface area contributed by atoms with Gasteiger partial charge >= 0.3 is 6.09 Å². The number of unbranched alkanes of at least 4 members (excludes halogenated alkanes) is 3. The molecule has 4 aliphatic rings. The molecule has 5 aromatic carbocycles. The molecule has 0 radical (unpaired) electrons. The third-order valence-electron chi connectivity index (χ3n) is 13.9. The number of nitrogens with zero attached hydrogens (tertiary/aromatic N) is 3. The van der Waals surface area contributed by atoms with Crippen molar-refractivity contribution in [3.05, 3.63) is 125 Å². The second kappa shape index (κ2) is 22.5. The Morgan fingerprint density at radius 3 is 2.15 bits per heavy atom. The Hall–Kier alpha value is -7.54. The number of aliphatic hydroxyl groups excluding tert-OH is 2. The van der Waals surface area contributed by atoms with Crippen molar-refractivity contribution >= 4 is 52.3 Å². The normalized spacial score (nSPS) is 18.5. The van der Waals surface area contributed by atoms with Crippen LogP contribution in [0.25, 0.3) is 0 Å². The molecule has 18 nitrogen and oxygen atoms in total. The topological polar surface area (TPSA) is 227 Å². The maximum absolute atomic E-state index is 14.6. The number of benzene rings is 5. The lowest BCUT2D eigenvalue weighted by molar-refractivity contribution is -0.125. The average molecular weight is 998 g/mol. The molecule has 7 N–H and O–H groups in total. The van der Waals surface area contributed by atoms with E-state index in [2.05, 4.69) is 26.9 Å². The lowest BCUT2D eigenvalue weighted by Crippen LogP contribution is -2.52. The number of carbonyl (C=O) groups excluding carboxylic acids is 4. The number of nitrogens with two attached hydrogens (primary N) is 1.